The molecule has 0 N–H and O–H groups in total. The van der Waals surface area contributed by atoms with E-state index >= 15 is 0 Å². The van der Waals surface area contributed by atoms with Crippen LogP contribution in [0.3, 0.4) is 0 Å². The highest BCUT2D eigenvalue weighted by Gasteiger charge is 2.14. The lowest BCUT2D eigenvalue weighted by Crippen LogP contribution is -1.80. The van der Waals surface area contributed by atoms with E-state index in [2.05, 4.69) is 36.4 Å². The van der Waals surface area contributed by atoms with Crippen molar-refractivity contribution in [3.8, 4) is 0 Å². The summed E-state index contributed by atoms with van der Waals surface area (Å²) < 4.78 is 3.70. The molecule has 5 rings (SSSR count). The average molecular weight is 351 g/mol. The first-order chi connectivity index (χ1) is 11.3. The summed E-state index contributed by atoms with van der Waals surface area (Å²) in [6.45, 7) is 0. The fourth-order valence-corrected chi connectivity index (χ4v) is 5.21. The van der Waals surface area contributed by atoms with Crippen LogP contribution in [0.25, 0.3) is 36.0 Å². The highest BCUT2D eigenvalue weighted by Crippen LogP contribution is 2.39. The normalized spacial score (nSPS) is 13.9. The van der Waals surface area contributed by atoms with Gasteiger partial charge in [-0.2, -0.15) is 0 Å². The molecule has 0 radical (unpaired) electrons. The minimum Gasteiger partial charge on any atom is -0.233 e. The molecule has 0 amide bonds. The quantitative estimate of drug-likeness (QED) is 0.351. The van der Waals surface area contributed by atoms with E-state index in [4.69, 9.17) is 16.6 Å². The van der Waals surface area contributed by atoms with Crippen molar-refractivity contribution in [2.45, 2.75) is 0 Å². The van der Waals surface area contributed by atoms with E-state index in [-0.39, 0.29) is 0 Å². The van der Waals surface area contributed by atoms with Gasteiger partial charge < -0.3 is 0 Å². The maximum Gasteiger partial charge on any atom is 0.151 e. The third kappa shape index (κ3) is 2.13. The van der Waals surface area contributed by atoms with Gasteiger partial charge in [-0.3, -0.25) is 0 Å². The zero-order valence-corrected chi connectivity index (χ0v) is 14.2. The lowest BCUT2D eigenvalue weighted by atomic mass is 10.1. The molecule has 1 aliphatic carbocycles. The summed E-state index contributed by atoms with van der Waals surface area (Å²) in [5.74, 6) is 0. The Morgan fingerprint density at radius 2 is 1.87 bits per heavy atom. The van der Waals surface area contributed by atoms with Crippen LogP contribution in [0.2, 0.25) is 5.02 Å². The fraction of sp³-hybridized carbons (Fsp3) is 0. The first-order valence-electron chi connectivity index (χ1n) is 7.17. The average Bonchev–Trinajstić information content (AvgIpc) is 3.13. The third-order valence-corrected chi connectivity index (χ3v) is 6.33. The Morgan fingerprint density at radius 1 is 0.957 bits per heavy atom. The van der Waals surface area contributed by atoms with Gasteiger partial charge in [0.1, 0.15) is 17.7 Å². The zero-order chi connectivity index (χ0) is 15.4. The van der Waals surface area contributed by atoms with Crippen molar-refractivity contribution in [2.24, 2.45) is 0 Å². The van der Waals surface area contributed by atoms with E-state index in [0.29, 0.717) is 0 Å². The predicted octanol–water partition coefficient (Wildman–Crippen LogP) is 6.63. The monoisotopic (exact) mass is 350 g/mol. The molecule has 0 saturated carbocycles. The maximum atomic E-state index is 6.11. The van der Waals surface area contributed by atoms with Gasteiger partial charge in [-0.15, -0.1) is 22.7 Å². The van der Waals surface area contributed by atoms with Crippen molar-refractivity contribution in [3.63, 3.8) is 0 Å². The van der Waals surface area contributed by atoms with Crippen LogP contribution in [-0.2, 0) is 0 Å². The van der Waals surface area contributed by atoms with Crippen LogP contribution < -0.4 is 0 Å². The summed E-state index contributed by atoms with van der Waals surface area (Å²) in [4.78, 5) is 4.81. The van der Waals surface area contributed by atoms with E-state index in [1.54, 1.807) is 22.7 Å². The van der Waals surface area contributed by atoms with Crippen LogP contribution in [0.4, 0.5) is 0 Å². The number of hydrogen-bond donors (Lipinski definition) is 0. The largest absolute Gasteiger partial charge is 0.233 e. The van der Waals surface area contributed by atoms with E-state index in [1.807, 2.05) is 24.3 Å². The number of rotatable bonds is 1. The van der Waals surface area contributed by atoms with Gasteiger partial charge in [0, 0.05) is 31.3 Å². The molecule has 0 bridgehead atoms. The van der Waals surface area contributed by atoms with E-state index in [0.717, 1.165) is 21.1 Å². The lowest BCUT2D eigenvalue weighted by Gasteiger charge is -1.92. The predicted molar refractivity (Wildman–Crippen MR) is 102 cm³/mol. The number of halogens is 1. The molecule has 0 aliphatic heterocycles. The van der Waals surface area contributed by atoms with Crippen LogP contribution >= 0.6 is 34.3 Å². The summed E-state index contributed by atoms with van der Waals surface area (Å²) in [7, 11) is 0. The van der Waals surface area contributed by atoms with E-state index in [1.165, 1.54) is 24.9 Å². The van der Waals surface area contributed by atoms with Crippen molar-refractivity contribution in [2.75, 3.05) is 0 Å². The summed E-state index contributed by atoms with van der Waals surface area (Å²) in [5.41, 5.74) is 2.20. The number of benzene rings is 2. The van der Waals surface area contributed by atoms with Gasteiger partial charge in [0.15, 0.2) is 5.01 Å². The summed E-state index contributed by atoms with van der Waals surface area (Å²) in [5, 5.41) is 4.39. The SMILES string of the molecule is Clc1ccc2c(c1)sc1cc3nc(C4=CC=[C+]C=C4)sc3cc12. The highest BCUT2D eigenvalue weighted by molar-refractivity contribution is 7.26. The molecule has 108 valence electrons. The maximum absolute atomic E-state index is 6.11. The molecule has 0 fully saturated rings. The second-order valence-electron chi connectivity index (χ2n) is 5.37. The van der Waals surface area contributed by atoms with Crippen LogP contribution in [-0.4, -0.2) is 4.98 Å². The van der Waals surface area contributed by atoms with Gasteiger partial charge in [-0.05, 0) is 24.3 Å². The second-order valence-corrected chi connectivity index (χ2v) is 7.92. The molecule has 0 atom stereocenters. The minimum absolute atomic E-state index is 0.784. The summed E-state index contributed by atoms with van der Waals surface area (Å²) >= 11 is 9.62. The number of hydrogen-bond acceptors (Lipinski definition) is 3. The molecule has 0 unspecified atom stereocenters. The van der Waals surface area contributed by atoms with Crippen LogP contribution in [0, 0.1) is 6.08 Å². The van der Waals surface area contributed by atoms with Gasteiger partial charge in [0.25, 0.3) is 0 Å². The first kappa shape index (κ1) is 13.4. The number of fused-ring (bicyclic) bond motifs is 4. The van der Waals surface area contributed by atoms with Crippen LogP contribution in [0.15, 0.2) is 54.6 Å². The van der Waals surface area contributed by atoms with Crippen molar-refractivity contribution >= 4 is 70.2 Å². The Labute approximate surface area is 145 Å². The first-order valence-corrected chi connectivity index (χ1v) is 9.18. The van der Waals surface area contributed by atoms with Gasteiger partial charge >= 0.3 is 0 Å². The molecule has 2 aromatic carbocycles. The van der Waals surface area contributed by atoms with Crippen LogP contribution in [0.5, 0.6) is 0 Å². The minimum atomic E-state index is 0.784. The number of nitrogens with zero attached hydrogens (tertiary/aromatic N) is 1. The Kier molecular flexibility index (Phi) is 2.91. The number of thiazole rings is 1. The number of aromatic nitrogens is 1. The molecular formula is C19H9ClNS2+. The molecule has 0 spiro atoms. The smallest absolute Gasteiger partial charge is 0.151 e. The fourth-order valence-electron chi connectivity index (χ4n) is 2.82. The van der Waals surface area contributed by atoms with Crippen molar-refractivity contribution in [1.29, 1.82) is 0 Å². The third-order valence-electron chi connectivity index (χ3n) is 3.91. The van der Waals surface area contributed by atoms with Crippen molar-refractivity contribution < 1.29 is 0 Å². The van der Waals surface area contributed by atoms with Gasteiger partial charge in [-0.1, -0.05) is 17.7 Å². The Morgan fingerprint density at radius 3 is 2.74 bits per heavy atom. The number of thiophene rings is 1. The van der Waals surface area contributed by atoms with Crippen LogP contribution in [0.1, 0.15) is 5.01 Å². The zero-order valence-electron chi connectivity index (χ0n) is 11.8. The van der Waals surface area contributed by atoms with Crippen molar-refractivity contribution in [3.05, 3.63) is 70.7 Å². The lowest BCUT2D eigenvalue weighted by molar-refractivity contribution is 1.44. The molecule has 1 aliphatic rings. The molecule has 23 heavy (non-hydrogen) atoms. The molecule has 2 heterocycles. The van der Waals surface area contributed by atoms with Gasteiger partial charge in [0.05, 0.1) is 22.4 Å². The highest BCUT2D eigenvalue weighted by atomic mass is 35.5. The summed E-state index contributed by atoms with van der Waals surface area (Å²) in [6.07, 6.45) is 11.0. The summed E-state index contributed by atoms with van der Waals surface area (Å²) in [6, 6.07) is 10.6. The molecule has 1 nitrogen and oxygen atoms in total. The number of allylic oxidation sites excluding steroid dienone is 6. The molecule has 4 aromatic rings. The van der Waals surface area contributed by atoms with Gasteiger partial charge in [0.2, 0.25) is 0 Å². The molecule has 4 heteroatoms. The van der Waals surface area contributed by atoms with Crippen molar-refractivity contribution in [1.82, 2.24) is 4.98 Å². The second kappa shape index (κ2) is 4.98. The Balaban J connectivity index is 1.77. The Hall–Kier alpha value is -2.03. The standard InChI is InChI=1S/C19H9ClNS2/c20-12-6-7-13-14-9-18-15(10-17(14)22-16(13)8-12)21-19(23-18)11-4-2-1-3-5-11/h2-10H/q+1. The van der Waals surface area contributed by atoms with E-state index < -0.39 is 0 Å². The van der Waals surface area contributed by atoms with E-state index in [9.17, 15) is 0 Å². The Bertz CT molecular complexity index is 1170. The van der Waals surface area contributed by atoms with Gasteiger partial charge in [-0.25, -0.2) is 4.98 Å². The molecule has 2 aromatic heterocycles. The topological polar surface area (TPSA) is 12.9 Å². The molecule has 0 saturated heterocycles. The molecular weight excluding hydrogens is 342 g/mol.